The molecule has 5 N–H and O–H groups in total. The molecule has 3 amide bonds. The molecular formula is C16H28N6O4. The highest BCUT2D eigenvalue weighted by Crippen LogP contribution is 2.16. The Morgan fingerprint density at radius 1 is 1.19 bits per heavy atom. The van der Waals surface area contributed by atoms with E-state index in [0.717, 1.165) is 19.3 Å². The van der Waals surface area contributed by atoms with Gasteiger partial charge >= 0.3 is 11.7 Å². The van der Waals surface area contributed by atoms with Crippen LogP contribution >= 0.6 is 0 Å². The van der Waals surface area contributed by atoms with E-state index in [9.17, 15) is 19.2 Å². The molecule has 0 unspecified atom stereocenters. The number of nitrogens with zero attached hydrogens (tertiary/aromatic N) is 2. The van der Waals surface area contributed by atoms with E-state index < -0.39 is 23.2 Å². The predicted molar refractivity (Wildman–Crippen MR) is 100 cm³/mol. The van der Waals surface area contributed by atoms with Crippen molar-refractivity contribution in [3.05, 3.63) is 20.8 Å². The predicted octanol–water partition coefficient (Wildman–Crippen LogP) is -0.0190. The van der Waals surface area contributed by atoms with Crippen LogP contribution in [0.15, 0.2) is 9.59 Å². The Morgan fingerprint density at radius 3 is 2.46 bits per heavy atom. The van der Waals surface area contributed by atoms with Crippen LogP contribution in [0.1, 0.15) is 40.0 Å². The standard InChI is InChI=1S/C16H28N6O4/c1-4-7-9-22-13(17)12(14(24)20-16(22)26)21(6-3)10-11(23)19-15(25)18-8-5-2/h4-10,17H2,1-3H3,(H,20,24,26)(H2,18,19,23,25). The molecule has 0 fully saturated rings. The molecule has 0 spiro atoms. The number of nitrogen functional groups attached to an aromatic ring is 1. The lowest BCUT2D eigenvalue weighted by Gasteiger charge is -2.24. The van der Waals surface area contributed by atoms with Crippen LogP contribution < -0.4 is 32.5 Å². The normalized spacial score (nSPS) is 10.4. The quantitative estimate of drug-likeness (QED) is 0.482. The summed E-state index contributed by atoms with van der Waals surface area (Å²) in [6.45, 7) is 6.48. The summed E-state index contributed by atoms with van der Waals surface area (Å²) >= 11 is 0. The first kappa shape index (κ1) is 21.3. The van der Waals surface area contributed by atoms with Gasteiger partial charge in [0.1, 0.15) is 11.5 Å². The van der Waals surface area contributed by atoms with Crippen LogP contribution in [0.5, 0.6) is 0 Å². The molecule has 0 radical (unpaired) electrons. The average molecular weight is 368 g/mol. The van der Waals surface area contributed by atoms with Gasteiger partial charge in [0.2, 0.25) is 5.91 Å². The number of carbonyl (C=O) groups is 2. The lowest BCUT2D eigenvalue weighted by Crippen LogP contribution is -2.46. The first-order valence-electron chi connectivity index (χ1n) is 8.80. The number of unbranched alkanes of at least 4 members (excludes halogenated alkanes) is 1. The zero-order valence-electron chi connectivity index (χ0n) is 15.6. The van der Waals surface area contributed by atoms with Crippen molar-refractivity contribution < 1.29 is 9.59 Å². The Morgan fingerprint density at radius 2 is 1.88 bits per heavy atom. The minimum atomic E-state index is -0.662. The molecule has 1 aromatic rings. The number of amides is 3. The molecule has 0 aromatic carbocycles. The van der Waals surface area contributed by atoms with Crippen molar-refractivity contribution in [3.63, 3.8) is 0 Å². The first-order valence-corrected chi connectivity index (χ1v) is 8.80. The Balaban J connectivity index is 3.02. The number of likely N-dealkylation sites (N-methyl/N-ethyl adjacent to an activating group) is 1. The zero-order chi connectivity index (χ0) is 19.7. The second kappa shape index (κ2) is 10.3. The van der Waals surface area contributed by atoms with Gasteiger partial charge in [0.05, 0.1) is 6.54 Å². The van der Waals surface area contributed by atoms with Gasteiger partial charge in [0, 0.05) is 19.6 Å². The molecule has 1 heterocycles. The number of aromatic amines is 1. The van der Waals surface area contributed by atoms with Gasteiger partial charge in [0.15, 0.2) is 0 Å². The summed E-state index contributed by atoms with van der Waals surface area (Å²) in [6, 6.07) is -0.595. The van der Waals surface area contributed by atoms with E-state index in [1.54, 1.807) is 6.92 Å². The Labute approximate surface area is 151 Å². The highest BCUT2D eigenvalue weighted by atomic mass is 16.2. The molecule has 0 saturated heterocycles. The summed E-state index contributed by atoms with van der Waals surface area (Å²) in [5.41, 5.74) is 4.84. The van der Waals surface area contributed by atoms with Crippen LogP contribution in [0, 0.1) is 0 Å². The Hall–Kier alpha value is -2.78. The number of hydrogen-bond donors (Lipinski definition) is 4. The molecule has 0 saturated carbocycles. The number of imide groups is 1. The molecule has 1 rings (SSSR count). The molecule has 0 bridgehead atoms. The van der Waals surface area contributed by atoms with Gasteiger partial charge in [-0.3, -0.25) is 24.5 Å². The Bertz CT molecular complexity index is 739. The van der Waals surface area contributed by atoms with E-state index in [1.807, 2.05) is 13.8 Å². The molecule has 0 aliphatic carbocycles. The summed E-state index contributed by atoms with van der Waals surface area (Å²) in [5.74, 6) is -0.567. The molecular weight excluding hydrogens is 340 g/mol. The summed E-state index contributed by atoms with van der Waals surface area (Å²) in [7, 11) is 0. The number of nitrogens with one attached hydrogen (secondary N) is 3. The summed E-state index contributed by atoms with van der Waals surface area (Å²) in [5, 5.41) is 4.73. The Kier molecular flexibility index (Phi) is 8.40. The third kappa shape index (κ3) is 5.64. The second-order valence-corrected chi connectivity index (χ2v) is 5.82. The highest BCUT2D eigenvalue weighted by Gasteiger charge is 2.20. The first-order chi connectivity index (χ1) is 12.3. The molecule has 26 heavy (non-hydrogen) atoms. The number of aromatic nitrogens is 2. The van der Waals surface area contributed by atoms with Crippen molar-refractivity contribution in [1.29, 1.82) is 0 Å². The van der Waals surface area contributed by atoms with Gasteiger partial charge in [0.25, 0.3) is 5.56 Å². The molecule has 10 nitrogen and oxygen atoms in total. The minimum Gasteiger partial charge on any atom is -0.383 e. The monoisotopic (exact) mass is 368 g/mol. The fourth-order valence-corrected chi connectivity index (χ4v) is 2.39. The topological polar surface area (TPSA) is 142 Å². The molecule has 1 aromatic heterocycles. The van der Waals surface area contributed by atoms with E-state index in [4.69, 9.17) is 5.73 Å². The summed E-state index contributed by atoms with van der Waals surface area (Å²) in [4.78, 5) is 51.5. The van der Waals surface area contributed by atoms with Crippen LogP contribution in [0.4, 0.5) is 16.3 Å². The van der Waals surface area contributed by atoms with E-state index >= 15 is 0 Å². The van der Waals surface area contributed by atoms with Crippen molar-refractivity contribution in [2.45, 2.75) is 46.6 Å². The van der Waals surface area contributed by atoms with Gasteiger partial charge < -0.3 is 16.0 Å². The minimum absolute atomic E-state index is 0.0114. The summed E-state index contributed by atoms with van der Waals surface area (Å²) < 4.78 is 1.29. The molecule has 0 atom stereocenters. The van der Waals surface area contributed by atoms with Crippen molar-refractivity contribution in [1.82, 2.24) is 20.2 Å². The number of hydrogen-bond acceptors (Lipinski definition) is 6. The highest BCUT2D eigenvalue weighted by molar-refractivity contribution is 5.96. The number of nitrogens with two attached hydrogens (primary N) is 1. The fourth-order valence-electron chi connectivity index (χ4n) is 2.39. The van der Waals surface area contributed by atoms with Crippen LogP contribution in [0.2, 0.25) is 0 Å². The van der Waals surface area contributed by atoms with Gasteiger partial charge in [-0.1, -0.05) is 20.3 Å². The maximum atomic E-state index is 12.2. The lowest BCUT2D eigenvalue weighted by atomic mass is 10.3. The SMILES string of the molecule is CCCCn1c(N)c(N(CC)CC(=O)NC(=O)NCCC)c(=O)[nH]c1=O. The second-order valence-electron chi connectivity index (χ2n) is 5.82. The lowest BCUT2D eigenvalue weighted by molar-refractivity contribution is -0.118. The zero-order valence-corrected chi connectivity index (χ0v) is 15.6. The smallest absolute Gasteiger partial charge is 0.330 e. The van der Waals surface area contributed by atoms with Crippen LogP contribution in [0.3, 0.4) is 0 Å². The van der Waals surface area contributed by atoms with E-state index in [-0.39, 0.29) is 18.1 Å². The third-order valence-corrected chi connectivity index (χ3v) is 3.77. The largest absolute Gasteiger partial charge is 0.383 e. The van der Waals surface area contributed by atoms with E-state index in [0.29, 0.717) is 19.6 Å². The number of rotatable bonds is 9. The van der Waals surface area contributed by atoms with Gasteiger partial charge in [-0.25, -0.2) is 9.59 Å². The van der Waals surface area contributed by atoms with Crippen molar-refractivity contribution in [3.8, 4) is 0 Å². The third-order valence-electron chi connectivity index (χ3n) is 3.77. The van der Waals surface area contributed by atoms with E-state index in [2.05, 4.69) is 15.6 Å². The van der Waals surface area contributed by atoms with Crippen molar-refractivity contribution in [2.24, 2.45) is 0 Å². The maximum Gasteiger partial charge on any atom is 0.330 e. The van der Waals surface area contributed by atoms with Gasteiger partial charge in [-0.15, -0.1) is 0 Å². The average Bonchev–Trinajstić information content (AvgIpc) is 2.58. The molecule has 10 heteroatoms. The van der Waals surface area contributed by atoms with Crippen LogP contribution in [0.25, 0.3) is 0 Å². The van der Waals surface area contributed by atoms with Crippen LogP contribution in [-0.2, 0) is 11.3 Å². The van der Waals surface area contributed by atoms with Crippen molar-refractivity contribution >= 4 is 23.4 Å². The van der Waals surface area contributed by atoms with E-state index in [1.165, 1.54) is 9.47 Å². The molecule has 0 aliphatic rings. The number of H-pyrrole nitrogens is 1. The fraction of sp³-hybridized carbons (Fsp3) is 0.625. The summed E-state index contributed by atoms with van der Waals surface area (Å²) in [6.07, 6.45) is 2.32. The number of anilines is 2. The number of carbonyl (C=O) groups excluding carboxylic acids is 2. The maximum absolute atomic E-state index is 12.2. The van der Waals surface area contributed by atoms with Gasteiger partial charge in [-0.05, 0) is 19.8 Å². The molecule has 146 valence electrons. The number of urea groups is 1. The van der Waals surface area contributed by atoms with Crippen molar-refractivity contribution in [2.75, 3.05) is 30.3 Å². The van der Waals surface area contributed by atoms with Crippen LogP contribution in [-0.4, -0.2) is 41.1 Å². The van der Waals surface area contributed by atoms with Gasteiger partial charge in [-0.2, -0.15) is 0 Å². The molecule has 0 aliphatic heterocycles.